The fraction of sp³-hybridized carbons (Fsp3) is 0.200. The molecule has 0 fully saturated rings. The number of ether oxygens (including phenoxy) is 1. The van der Waals surface area contributed by atoms with Crippen LogP contribution in [0.3, 0.4) is 0 Å². The van der Waals surface area contributed by atoms with Gasteiger partial charge in [0.05, 0.1) is 9.77 Å². The Hall–Kier alpha value is -2.55. The molecule has 0 spiro atoms. The van der Waals surface area contributed by atoms with Crippen LogP contribution in [0, 0.1) is 6.92 Å². The molecule has 28 heavy (non-hydrogen) atoms. The quantitative estimate of drug-likeness (QED) is 0.596. The van der Waals surface area contributed by atoms with Gasteiger partial charge in [0.15, 0.2) is 0 Å². The Morgan fingerprint density at radius 1 is 1.14 bits per heavy atom. The standard InChI is InChI=1S/C20H20N2O4S2/c1-14-8-10-18(11-9-14)28(24,25)22-15(2)20(23)26-13-17-12-21-19(27-17)16-6-4-3-5-7-16/h3-12,15,22H,13H2,1-2H3. The Balaban J connectivity index is 1.57. The summed E-state index contributed by atoms with van der Waals surface area (Å²) < 4.78 is 32.3. The molecular formula is C20H20N2O4S2. The van der Waals surface area contributed by atoms with Crippen LogP contribution in [0.4, 0.5) is 0 Å². The highest BCUT2D eigenvalue weighted by Gasteiger charge is 2.23. The molecule has 1 heterocycles. The van der Waals surface area contributed by atoms with Crippen molar-refractivity contribution in [2.24, 2.45) is 0 Å². The lowest BCUT2D eigenvalue weighted by Crippen LogP contribution is -2.39. The smallest absolute Gasteiger partial charge is 0.324 e. The average Bonchev–Trinajstić information content (AvgIpc) is 3.16. The van der Waals surface area contributed by atoms with Gasteiger partial charge in [0, 0.05) is 11.8 Å². The van der Waals surface area contributed by atoms with Crippen LogP contribution in [0.1, 0.15) is 17.4 Å². The Labute approximate surface area is 168 Å². The summed E-state index contributed by atoms with van der Waals surface area (Å²) in [5.74, 6) is -0.648. The third kappa shape index (κ3) is 5.03. The largest absolute Gasteiger partial charge is 0.459 e. The van der Waals surface area contributed by atoms with Crippen molar-refractivity contribution < 1.29 is 17.9 Å². The number of rotatable bonds is 7. The first-order valence-electron chi connectivity index (χ1n) is 8.61. The molecule has 0 bridgehead atoms. The molecule has 2 aromatic carbocycles. The van der Waals surface area contributed by atoms with E-state index in [0.717, 1.165) is 21.0 Å². The Bertz CT molecular complexity index is 1050. The monoisotopic (exact) mass is 416 g/mol. The highest BCUT2D eigenvalue weighted by atomic mass is 32.2. The number of aromatic nitrogens is 1. The highest BCUT2D eigenvalue weighted by molar-refractivity contribution is 7.89. The number of carbonyl (C=O) groups excluding carboxylic acids is 1. The maximum Gasteiger partial charge on any atom is 0.324 e. The van der Waals surface area contributed by atoms with Crippen molar-refractivity contribution >= 4 is 27.3 Å². The van der Waals surface area contributed by atoms with Crippen LogP contribution in [-0.4, -0.2) is 25.4 Å². The number of thiazole rings is 1. The first-order chi connectivity index (χ1) is 13.3. The Morgan fingerprint density at radius 2 is 1.82 bits per heavy atom. The van der Waals surface area contributed by atoms with Crippen molar-refractivity contribution in [2.75, 3.05) is 0 Å². The zero-order chi connectivity index (χ0) is 20.1. The molecule has 0 aliphatic heterocycles. The van der Waals surface area contributed by atoms with E-state index in [0.29, 0.717) is 0 Å². The minimum Gasteiger partial charge on any atom is -0.459 e. The molecular weight excluding hydrogens is 396 g/mol. The predicted octanol–water partition coefficient (Wildman–Crippen LogP) is 3.53. The SMILES string of the molecule is Cc1ccc(S(=O)(=O)NC(C)C(=O)OCc2cnc(-c3ccccc3)s2)cc1. The topological polar surface area (TPSA) is 85.4 Å². The number of esters is 1. The average molecular weight is 417 g/mol. The summed E-state index contributed by atoms with van der Waals surface area (Å²) in [5.41, 5.74) is 1.94. The second-order valence-corrected chi connectivity index (χ2v) is 9.09. The number of nitrogens with zero attached hydrogens (tertiary/aromatic N) is 1. The molecule has 1 atom stereocenters. The minimum atomic E-state index is -3.80. The molecule has 146 valence electrons. The number of benzene rings is 2. The van der Waals surface area contributed by atoms with Gasteiger partial charge in [0.25, 0.3) is 0 Å². The second-order valence-electron chi connectivity index (χ2n) is 6.26. The van der Waals surface area contributed by atoms with Gasteiger partial charge in [-0.3, -0.25) is 4.79 Å². The van der Waals surface area contributed by atoms with Crippen LogP contribution in [0.25, 0.3) is 10.6 Å². The summed E-state index contributed by atoms with van der Waals surface area (Å²) in [4.78, 5) is 17.4. The van der Waals surface area contributed by atoms with Crippen LogP contribution >= 0.6 is 11.3 Å². The fourth-order valence-electron chi connectivity index (χ4n) is 2.42. The first kappa shape index (κ1) is 20.2. The van der Waals surface area contributed by atoms with Gasteiger partial charge in [-0.05, 0) is 26.0 Å². The first-order valence-corrected chi connectivity index (χ1v) is 10.9. The van der Waals surface area contributed by atoms with Gasteiger partial charge in [-0.2, -0.15) is 4.72 Å². The van der Waals surface area contributed by atoms with Gasteiger partial charge in [0.2, 0.25) is 10.0 Å². The third-order valence-electron chi connectivity index (χ3n) is 3.95. The van der Waals surface area contributed by atoms with E-state index in [1.54, 1.807) is 18.3 Å². The van der Waals surface area contributed by atoms with E-state index >= 15 is 0 Å². The number of hydrogen-bond acceptors (Lipinski definition) is 6. The lowest BCUT2D eigenvalue weighted by molar-refractivity contribution is -0.146. The summed E-state index contributed by atoms with van der Waals surface area (Å²) in [6, 6.07) is 15.1. The second kappa shape index (κ2) is 8.64. The number of aryl methyl sites for hydroxylation is 1. The van der Waals surface area contributed by atoms with E-state index in [1.807, 2.05) is 37.3 Å². The molecule has 0 radical (unpaired) electrons. The van der Waals surface area contributed by atoms with Gasteiger partial charge in [0.1, 0.15) is 17.7 Å². The van der Waals surface area contributed by atoms with Gasteiger partial charge in [-0.1, -0.05) is 48.0 Å². The predicted molar refractivity (Wildman–Crippen MR) is 108 cm³/mol. The van der Waals surface area contributed by atoms with Crippen LogP contribution in [0.15, 0.2) is 65.7 Å². The maximum atomic E-state index is 12.4. The summed E-state index contributed by atoms with van der Waals surface area (Å²) in [7, 11) is -3.80. The number of sulfonamides is 1. The minimum absolute atomic E-state index is 0.0416. The van der Waals surface area contributed by atoms with Gasteiger partial charge < -0.3 is 4.74 Å². The van der Waals surface area contributed by atoms with Crippen molar-refractivity contribution in [3.05, 3.63) is 71.2 Å². The molecule has 8 heteroatoms. The van der Waals surface area contributed by atoms with E-state index in [2.05, 4.69) is 9.71 Å². The molecule has 0 amide bonds. The van der Waals surface area contributed by atoms with Crippen LogP contribution in [0.2, 0.25) is 0 Å². The van der Waals surface area contributed by atoms with E-state index in [4.69, 9.17) is 4.74 Å². The van der Waals surface area contributed by atoms with E-state index in [-0.39, 0.29) is 11.5 Å². The van der Waals surface area contributed by atoms with Crippen LogP contribution in [-0.2, 0) is 26.2 Å². The van der Waals surface area contributed by atoms with Crippen LogP contribution < -0.4 is 4.72 Å². The van der Waals surface area contributed by atoms with Crippen molar-refractivity contribution in [1.29, 1.82) is 0 Å². The molecule has 1 unspecified atom stereocenters. The fourth-order valence-corrected chi connectivity index (χ4v) is 4.45. The molecule has 3 rings (SSSR count). The number of carbonyl (C=O) groups is 1. The molecule has 0 aliphatic rings. The van der Waals surface area contributed by atoms with E-state index < -0.39 is 22.0 Å². The lowest BCUT2D eigenvalue weighted by Gasteiger charge is -2.13. The van der Waals surface area contributed by atoms with Crippen molar-refractivity contribution in [3.63, 3.8) is 0 Å². The van der Waals surface area contributed by atoms with E-state index in [1.165, 1.54) is 30.4 Å². The highest BCUT2D eigenvalue weighted by Crippen LogP contribution is 2.25. The Morgan fingerprint density at radius 3 is 2.50 bits per heavy atom. The summed E-state index contributed by atoms with van der Waals surface area (Å²) in [6.45, 7) is 3.36. The zero-order valence-electron chi connectivity index (χ0n) is 15.5. The van der Waals surface area contributed by atoms with Crippen molar-refractivity contribution in [2.45, 2.75) is 31.4 Å². The summed E-state index contributed by atoms with van der Waals surface area (Å²) >= 11 is 1.42. The van der Waals surface area contributed by atoms with Gasteiger partial charge in [-0.25, -0.2) is 13.4 Å². The third-order valence-corrected chi connectivity index (χ3v) is 6.52. The Kier molecular flexibility index (Phi) is 6.23. The molecule has 0 saturated heterocycles. The number of nitrogens with one attached hydrogen (secondary N) is 1. The maximum absolute atomic E-state index is 12.4. The molecule has 3 aromatic rings. The van der Waals surface area contributed by atoms with Gasteiger partial charge in [-0.15, -0.1) is 11.3 Å². The molecule has 6 nitrogen and oxygen atoms in total. The molecule has 1 N–H and O–H groups in total. The summed E-state index contributed by atoms with van der Waals surface area (Å²) in [5, 5.41) is 0.833. The van der Waals surface area contributed by atoms with Crippen molar-refractivity contribution in [3.8, 4) is 10.6 Å². The molecule has 0 aliphatic carbocycles. The van der Waals surface area contributed by atoms with E-state index in [9.17, 15) is 13.2 Å². The molecule has 1 aromatic heterocycles. The van der Waals surface area contributed by atoms with Crippen LogP contribution in [0.5, 0.6) is 0 Å². The molecule has 0 saturated carbocycles. The van der Waals surface area contributed by atoms with Crippen molar-refractivity contribution in [1.82, 2.24) is 9.71 Å². The van der Waals surface area contributed by atoms with Gasteiger partial charge >= 0.3 is 5.97 Å². The lowest BCUT2D eigenvalue weighted by atomic mass is 10.2. The summed E-state index contributed by atoms with van der Waals surface area (Å²) in [6.07, 6.45) is 1.65. The number of hydrogen-bond donors (Lipinski definition) is 1. The zero-order valence-corrected chi connectivity index (χ0v) is 17.1. The normalized spacial score (nSPS) is 12.5.